The van der Waals surface area contributed by atoms with E-state index in [9.17, 15) is 14.7 Å². The lowest BCUT2D eigenvalue weighted by atomic mass is 10.0. The lowest BCUT2D eigenvalue weighted by molar-refractivity contribution is -0.142. The molecule has 0 aliphatic carbocycles. The molecule has 0 aromatic rings. The number of carbonyl (C=O) groups is 2. The van der Waals surface area contributed by atoms with E-state index in [4.69, 9.17) is 4.74 Å². The first-order valence-electron chi connectivity index (χ1n) is 18.7. The largest absolute Gasteiger partial charge is 0.478 e. The van der Waals surface area contributed by atoms with Gasteiger partial charge in [0.05, 0.1) is 0 Å². The molecule has 1 N–H and O–H groups in total. The minimum atomic E-state index is -0.957. The molecule has 0 saturated carbocycles. The summed E-state index contributed by atoms with van der Waals surface area (Å²) in [6, 6.07) is 0. The summed E-state index contributed by atoms with van der Waals surface area (Å²) >= 11 is 0. The Balaban J connectivity index is 4.10. The lowest BCUT2D eigenvalue weighted by Crippen LogP contribution is -2.18. The van der Waals surface area contributed by atoms with Gasteiger partial charge in [-0.3, -0.25) is 0 Å². The van der Waals surface area contributed by atoms with Crippen LogP contribution in [-0.2, 0) is 14.3 Å². The normalized spacial score (nSPS) is 12.9. The Morgan fingerprint density at radius 2 is 0.884 bits per heavy atom. The summed E-state index contributed by atoms with van der Waals surface area (Å²) < 4.78 is 5.76. The summed E-state index contributed by atoms with van der Waals surface area (Å²) in [4.78, 5) is 24.1. The van der Waals surface area contributed by atoms with Crippen molar-refractivity contribution in [3.05, 3.63) is 23.3 Å². The fourth-order valence-electron chi connectivity index (χ4n) is 5.68. The molecule has 43 heavy (non-hydrogen) atoms. The third-order valence-electron chi connectivity index (χ3n) is 8.70. The molecule has 0 aliphatic rings. The average molecular weight is 605 g/mol. The number of aliphatic carboxylic acids is 1. The Morgan fingerprint density at radius 1 is 0.535 bits per heavy atom. The fourth-order valence-corrected chi connectivity index (χ4v) is 5.68. The molecule has 1 atom stereocenters. The molecule has 4 heteroatoms. The van der Waals surface area contributed by atoms with Crippen LogP contribution >= 0.6 is 0 Å². The van der Waals surface area contributed by atoms with E-state index in [2.05, 4.69) is 13.8 Å². The number of hydrogen-bond acceptors (Lipinski definition) is 3. The first kappa shape index (κ1) is 41.4. The second-order valence-electron chi connectivity index (χ2n) is 13.0. The molecule has 0 spiro atoms. The van der Waals surface area contributed by atoms with Crippen molar-refractivity contribution in [1.82, 2.24) is 0 Å². The number of esters is 1. The van der Waals surface area contributed by atoms with Crippen molar-refractivity contribution < 1.29 is 19.4 Å². The van der Waals surface area contributed by atoms with Crippen molar-refractivity contribution in [2.45, 2.75) is 214 Å². The van der Waals surface area contributed by atoms with E-state index in [0.29, 0.717) is 12.0 Å². The number of carbonyl (C=O) groups excluding carboxylic acids is 1. The van der Waals surface area contributed by atoms with Gasteiger partial charge in [-0.1, -0.05) is 174 Å². The number of ether oxygens (including phenoxy) is 1. The zero-order valence-electron chi connectivity index (χ0n) is 29.2. The summed E-state index contributed by atoms with van der Waals surface area (Å²) in [5.41, 5.74) is 0.872. The van der Waals surface area contributed by atoms with Crippen LogP contribution in [0.5, 0.6) is 0 Å². The van der Waals surface area contributed by atoms with Crippen LogP contribution in [-0.4, -0.2) is 23.1 Å². The van der Waals surface area contributed by atoms with Crippen LogP contribution in [0.1, 0.15) is 207 Å². The van der Waals surface area contributed by atoms with Crippen LogP contribution in [0.2, 0.25) is 0 Å². The zero-order chi connectivity index (χ0) is 31.8. The molecule has 0 aromatic heterocycles. The second kappa shape index (κ2) is 31.8. The molecular formula is C39H72O4. The summed E-state index contributed by atoms with van der Waals surface area (Å²) in [7, 11) is 0. The van der Waals surface area contributed by atoms with Gasteiger partial charge in [-0.25, -0.2) is 9.59 Å². The van der Waals surface area contributed by atoms with Crippen molar-refractivity contribution >= 4 is 11.9 Å². The molecule has 0 aromatic carbocycles. The van der Waals surface area contributed by atoms with E-state index in [0.717, 1.165) is 25.7 Å². The predicted octanol–water partition coefficient (Wildman–Crippen LogP) is 12.8. The summed E-state index contributed by atoms with van der Waals surface area (Å²) in [6.07, 6.45) is 38.8. The third-order valence-corrected chi connectivity index (χ3v) is 8.70. The standard InChI is InChI=1S/C39H72O4/c1-5-7-9-11-13-15-17-19-20-21-23-25-27-29-31-33-37(34-36(4)38(40)41)43-39(42)35(3)32-30-28-26-24-22-18-16-14-12-10-8-6-2/h32,34,37H,5-31,33H2,1-4H3,(H,40,41). The van der Waals surface area contributed by atoms with Gasteiger partial charge in [-0.2, -0.15) is 0 Å². The quantitative estimate of drug-likeness (QED) is 0.0471. The van der Waals surface area contributed by atoms with Crippen LogP contribution in [0.4, 0.5) is 0 Å². The maximum Gasteiger partial charge on any atom is 0.333 e. The molecule has 0 aliphatic heterocycles. The Kier molecular flexibility index (Phi) is 30.7. The molecule has 0 radical (unpaired) electrons. The topological polar surface area (TPSA) is 63.6 Å². The highest BCUT2D eigenvalue weighted by Crippen LogP contribution is 2.17. The first-order chi connectivity index (χ1) is 20.9. The van der Waals surface area contributed by atoms with Crippen molar-refractivity contribution in [3.63, 3.8) is 0 Å². The smallest absolute Gasteiger partial charge is 0.333 e. The minimum absolute atomic E-state index is 0.237. The maximum atomic E-state index is 12.7. The number of rotatable bonds is 32. The van der Waals surface area contributed by atoms with Gasteiger partial charge in [-0.05, 0) is 45.6 Å². The van der Waals surface area contributed by atoms with Gasteiger partial charge in [0.2, 0.25) is 0 Å². The van der Waals surface area contributed by atoms with Gasteiger partial charge in [-0.15, -0.1) is 0 Å². The SMILES string of the molecule is CCCCCCCCCCCCCC=C(C)C(=O)OC(C=C(C)C(=O)O)CCCCCCCCCCCCCCCCC. The van der Waals surface area contributed by atoms with Gasteiger partial charge in [0.1, 0.15) is 6.10 Å². The minimum Gasteiger partial charge on any atom is -0.478 e. The number of unbranched alkanes of at least 4 members (excludes halogenated alkanes) is 25. The summed E-state index contributed by atoms with van der Waals surface area (Å²) in [5, 5.41) is 9.34. The molecule has 0 bridgehead atoms. The molecule has 0 fully saturated rings. The van der Waals surface area contributed by atoms with Crippen LogP contribution in [0.3, 0.4) is 0 Å². The zero-order valence-corrected chi connectivity index (χ0v) is 29.2. The maximum absolute atomic E-state index is 12.7. The van der Waals surface area contributed by atoms with Crippen LogP contribution < -0.4 is 0 Å². The van der Waals surface area contributed by atoms with E-state index >= 15 is 0 Å². The Bertz CT molecular complexity index is 708. The summed E-state index contributed by atoms with van der Waals surface area (Å²) in [5.74, 6) is -1.27. The van der Waals surface area contributed by atoms with E-state index in [1.54, 1.807) is 13.0 Å². The van der Waals surface area contributed by atoms with E-state index in [1.165, 1.54) is 148 Å². The molecule has 252 valence electrons. The molecule has 0 heterocycles. The first-order valence-corrected chi connectivity index (χ1v) is 18.7. The number of hydrogen-bond donors (Lipinski definition) is 1. The van der Waals surface area contributed by atoms with Crippen LogP contribution in [0.15, 0.2) is 23.3 Å². The van der Waals surface area contributed by atoms with Crippen LogP contribution in [0.25, 0.3) is 0 Å². The van der Waals surface area contributed by atoms with E-state index in [-0.39, 0.29) is 11.5 Å². The molecule has 0 saturated heterocycles. The number of allylic oxidation sites excluding steroid dienone is 1. The monoisotopic (exact) mass is 605 g/mol. The van der Waals surface area contributed by atoms with Gasteiger partial charge in [0, 0.05) is 11.1 Å². The third kappa shape index (κ3) is 28.9. The van der Waals surface area contributed by atoms with Gasteiger partial charge < -0.3 is 9.84 Å². The lowest BCUT2D eigenvalue weighted by Gasteiger charge is -2.15. The molecule has 4 nitrogen and oxygen atoms in total. The molecule has 0 amide bonds. The average Bonchev–Trinajstić information content (AvgIpc) is 2.99. The number of carboxylic acids is 1. The van der Waals surface area contributed by atoms with Crippen LogP contribution in [0, 0.1) is 0 Å². The highest BCUT2D eigenvalue weighted by Gasteiger charge is 2.15. The van der Waals surface area contributed by atoms with Gasteiger partial charge in [0.15, 0.2) is 0 Å². The Labute approximate surface area is 267 Å². The van der Waals surface area contributed by atoms with Crippen molar-refractivity contribution in [3.8, 4) is 0 Å². The Morgan fingerprint density at radius 3 is 1.26 bits per heavy atom. The molecule has 0 rings (SSSR count). The Hall–Kier alpha value is -1.58. The highest BCUT2D eigenvalue weighted by atomic mass is 16.5. The molecule has 1 unspecified atom stereocenters. The fraction of sp³-hybridized carbons (Fsp3) is 0.846. The van der Waals surface area contributed by atoms with E-state index in [1.807, 2.05) is 13.0 Å². The van der Waals surface area contributed by atoms with Crippen molar-refractivity contribution in [2.75, 3.05) is 0 Å². The number of carboxylic acid groups (broad SMARTS) is 1. The highest BCUT2D eigenvalue weighted by molar-refractivity contribution is 5.88. The molecular weight excluding hydrogens is 532 g/mol. The predicted molar refractivity (Wildman–Crippen MR) is 186 cm³/mol. The van der Waals surface area contributed by atoms with Crippen molar-refractivity contribution in [1.29, 1.82) is 0 Å². The van der Waals surface area contributed by atoms with E-state index < -0.39 is 12.1 Å². The van der Waals surface area contributed by atoms with Gasteiger partial charge >= 0.3 is 11.9 Å². The van der Waals surface area contributed by atoms with Crippen molar-refractivity contribution in [2.24, 2.45) is 0 Å². The van der Waals surface area contributed by atoms with Gasteiger partial charge in [0.25, 0.3) is 0 Å². The second-order valence-corrected chi connectivity index (χ2v) is 13.0. The summed E-state index contributed by atoms with van der Waals surface area (Å²) in [6.45, 7) is 7.93.